The third kappa shape index (κ3) is 2.68. The lowest BCUT2D eigenvalue weighted by molar-refractivity contribution is -0.122. The molecule has 1 N–H and O–H groups in total. The van der Waals surface area contributed by atoms with Crippen LogP contribution in [-0.4, -0.2) is 32.5 Å². The number of Topliss-reactive ketones (excluding diaryl/α,β-unsaturated/α-hetero) is 1. The lowest BCUT2D eigenvalue weighted by Crippen LogP contribution is -2.22. The topological polar surface area (TPSA) is 68.0 Å². The van der Waals surface area contributed by atoms with Crippen LogP contribution >= 0.6 is 0 Å². The van der Waals surface area contributed by atoms with Crippen LogP contribution in [0.15, 0.2) is 54.6 Å². The first-order chi connectivity index (χ1) is 10.3. The largest absolute Gasteiger partial charge is 0.395 e. The van der Waals surface area contributed by atoms with Gasteiger partial charge in [-0.3, -0.25) is 4.79 Å². The molecule has 0 aliphatic rings. The minimum atomic E-state index is -0.533. The summed E-state index contributed by atoms with van der Waals surface area (Å²) < 4.78 is 1.57. The molecule has 3 aromatic rings. The lowest BCUT2D eigenvalue weighted by atomic mass is 9.95. The second kappa shape index (κ2) is 5.85. The van der Waals surface area contributed by atoms with E-state index in [0.29, 0.717) is 0 Å². The summed E-state index contributed by atoms with van der Waals surface area (Å²) in [6, 6.07) is 16.8. The molecule has 3 rings (SSSR count). The molecule has 21 heavy (non-hydrogen) atoms. The fourth-order valence-corrected chi connectivity index (χ4v) is 2.37. The number of aromatic nitrogens is 3. The molecule has 5 heteroatoms. The maximum absolute atomic E-state index is 12.4. The number of fused-ring (bicyclic) bond motifs is 1. The highest BCUT2D eigenvalue weighted by Gasteiger charge is 2.20. The van der Waals surface area contributed by atoms with E-state index in [4.69, 9.17) is 0 Å². The third-order valence-electron chi connectivity index (χ3n) is 3.50. The molecule has 0 saturated heterocycles. The SMILES string of the molecule is O=C(Cn1nnc2ccccc21)C(CO)c1ccccc1. The predicted octanol–water partition coefficient (Wildman–Crippen LogP) is 1.78. The first-order valence-corrected chi connectivity index (χ1v) is 6.76. The zero-order valence-corrected chi connectivity index (χ0v) is 11.4. The van der Waals surface area contributed by atoms with Gasteiger partial charge in [-0.25, -0.2) is 4.68 Å². The zero-order chi connectivity index (χ0) is 14.7. The Morgan fingerprint density at radius 1 is 1.10 bits per heavy atom. The molecular formula is C16H15N3O2. The Morgan fingerprint density at radius 2 is 1.81 bits per heavy atom. The van der Waals surface area contributed by atoms with E-state index in [1.807, 2.05) is 54.6 Å². The molecule has 0 aliphatic carbocycles. The summed E-state index contributed by atoms with van der Waals surface area (Å²) in [5.74, 6) is -0.617. The highest BCUT2D eigenvalue weighted by molar-refractivity contribution is 5.87. The number of ketones is 1. The Labute approximate surface area is 121 Å². The van der Waals surface area contributed by atoms with Crippen LogP contribution in [0.4, 0.5) is 0 Å². The smallest absolute Gasteiger partial charge is 0.164 e. The monoisotopic (exact) mass is 281 g/mol. The Hall–Kier alpha value is -2.53. The minimum absolute atomic E-state index is 0.0839. The van der Waals surface area contributed by atoms with Crippen molar-refractivity contribution in [2.24, 2.45) is 0 Å². The third-order valence-corrected chi connectivity index (χ3v) is 3.50. The normalized spacial score (nSPS) is 12.4. The van der Waals surface area contributed by atoms with Crippen molar-refractivity contribution in [2.45, 2.75) is 12.5 Å². The van der Waals surface area contributed by atoms with E-state index in [0.717, 1.165) is 16.6 Å². The number of hydrogen-bond donors (Lipinski definition) is 1. The second-order valence-electron chi connectivity index (χ2n) is 4.85. The maximum Gasteiger partial charge on any atom is 0.164 e. The average Bonchev–Trinajstić information content (AvgIpc) is 2.92. The standard InChI is InChI=1S/C16H15N3O2/c20-11-13(12-6-2-1-3-7-12)16(21)10-19-15-9-5-4-8-14(15)17-18-19/h1-9,13,20H,10-11H2. The van der Waals surface area contributed by atoms with Gasteiger partial charge in [-0.1, -0.05) is 47.7 Å². The van der Waals surface area contributed by atoms with Gasteiger partial charge in [0.05, 0.1) is 18.0 Å². The van der Waals surface area contributed by atoms with Gasteiger partial charge in [0.2, 0.25) is 0 Å². The number of aliphatic hydroxyl groups is 1. The number of carbonyl (C=O) groups is 1. The van der Waals surface area contributed by atoms with Crippen LogP contribution < -0.4 is 0 Å². The Kier molecular flexibility index (Phi) is 3.75. The quantitative estimate of drug-likeness (QED) is 0.774. The number of hydrogen-bond acceptors (Lipinski definition) is 4. The van der Waals surface area contributed by atoms with Crippen molar-refractivity contribution in [3.8, 4) is 0 Å². The molecule has 2 aromatic carbocycles. The molecule has 0 spiro atoms. The number of benzene rings is 2. The fraction of sp³-hybridized carbons (Fsp3) is 0.188. The van der Waals surface area contributed by atoms with Gasteiger partial charge in [-0.15, -0.1) is 5.10 Å². The van der Waals surface area contributed by atoms with Gasteiger partial charge in [0.25, 0.3) is 0 Å². The summed E-state index contributed by atoms with van der Waals surface area (Å²) in [5, 5.41) is 17.6. The first kappa shape index (κ1) is 13.5. The van der Waals surface area contributed by atoms with Crippen molar-refractivity contribution in [1.82, 2.24) is 15.0 Å². The van der Waals surface area contributed by atoms with E-state index >= 15 is 0 Å². The van der Waals surface area contributed by atoms with Gasteiger partial charge in [0.1, 0.15) is 12.1 Å². The van der Waals surface area contributed by atoms with Crippen molar-refractivity contribution in [1.29, 1.82) is 0 Å². The van der Waals surface area contributed by atoms with Gasteiger partial charge < -0.3 is 5.11 Å². The van der Waals surface area contributed by atoms with Gasteiger partial charge in [0, 0.05) is 0 Å². The van der Waals surface area contributed by atoms with Crippen molar-refractivity contribution in [2.75, 3.05) is 6.61 Å². The van der Waals surface area contributed by atoms with Crippen LogP contribution in [0.1, 0.15) is 11.5 Å². The number of nitrogens with zero attached hydrogens (tertiary/aromatic N) is 3. The summed E-state index contributed by atoms with van der Waals surface area (Å²) in [5.41, 5.74) is 2.38. The van der Waals surface area contributed by atoms with Crippen LogP contribution in [0.5, 0.6) is 0 Å². The van der Waals surface area contributed by atoms with Gasteiger partial charge >= 0.3 is 0 Å². The maximum atomic E-state index is 12.4. The molecule has 0 radical (unpaired) electrons. The zero-order valence-electron chi connectivity index (χ0n) is 11.4. The molecular weight excluding hydrogens is 266 g/mol. The molecule has 1 atom stereocenters. The number of para-hydroxylation sites is 1. The highest BCUT2D eigenvalue weighted by atomic mass is 16.3. The van der Waals surface area contributed by atoms with E-state index in [-0.39, 0.29) is 18.9 Å². The molecule has 5 nitrogen and oxygen atoms in total. The van der Waals surface area contributed by atoms with E-state index in [1.54, 1.807) is 4.68 Å². The average molecular weight is 281 g/mol. The van der Waals surface area contributed by atoms with Crippen LogP contribution in [0.3, 0.4) is 0 Å². The van der Waals surface area contributed by atoms with Crippen LogP contribution in [0, 0.1) is 0 Å². The van der Waals surface area contributed by atoms with Crippen LogP contribution in [0.25, 0.3) is 11.0 Å². The summed E-state index contributed by atoms with van der Waals surface area (Å²) >= 11 is 0. The molecule has 0 amide bonds. The lowest BCUT2D eigenvalue weighted by Gasteiger charge is -2.13. The number of rotatable bonds is 5. The Bertz CT molecular complexity index is 752. The minimum Gasteiger partial charge on any atom is -0.395 e. The molecule has 1 unspecified atom stereocenters. The second-order valence-corrected chi connectivity index (χ2v) is 4.85. The molecule has 0 aliphatic heterocycles. The molecule has 1 aromatic heterocycles. The number of carbonyl (C=O) groups excluding carboxylic acids is 1. The van der Waals surface area contributed by atoms with E-state index in [1.165, 1.54) is 0 Å². The number of aliphatic hydroxyl groups excluding tert-OH is 1. The van der Waals surface area contributed by atoms with Gasteiger partial charge in [-0.05, 0) is 17.7 Å². The predicted molar refractivity (Wildman–Crippen MR) is 78.8 cm³/mol. The molecule has 1 heterocycles. The van der Waals surface area contributed by atoms with Gasteiger partial charge in [-0.2, -0.15) is 0 Å². The molecule has 0 bridgehead atoms. The Balaban J connectivity index is 1.85. The van der Waals surface area contributed by atoms with Crippen LogP contribution in [-0.2, 0) is 11.3 Å². The van der Waals surface area contributed by atoms with Crippen molar-refractivity contribution in [3.63, 3.8) is 0 Å². The van der Waals surface area contributed by atoms with Crippen LogP contribution in [0.2, 0.25) is 0 Å². The molecule has 106 valence electrons. The summed E-state index contributed by atoms with van der Waals surface area (Å²) in [6.07, 6.45) is 0. The highest BCUT2D eigenvalue weighted by Crippen LogP contribution is 2.18. The van der Waals surface area contributed by atoms with Gasteiger partial charge in [0.15, 0.2) is 5.78 Å². The van der Waals surface area contributed by atoms with Crippen molar-refractivity contribution in [3.05, 3.63) is 60.2 Å². The van der Waals surface area contributed by atoms with E-state index in [9.17, 15) is 9.90 Å². The van der Waals surface area contributed by atoms with E-state index < -0.39 is 5.92 Å². The molecule has 0 saturated carbocycles. The van der Waals surface area contributed by atoms with Crippen molar-refractivity contribution >= 4 is 16.8 Å². The summed E-state index contributed by atoms with van der Waals surface area (Å²) in [7, 11) is 0. The van der Waals surface area contributed by atoms with Crippen molar-refractivity contribution < 1.29 is 9.90 Å². The summed E-state index contributed by atoms with van der Waals surface area (Å²) in [6.45, 7) is -0.115. The first-order valence-electron chi connectivity index (χ1n) is 6.76. The van der Waals surface area contributed by atoms with E-state index in [2.05, 4.69) is 10.3 Å². The Morgan fingerprint density at radius 3 is 2.57 bits per heavy atom. The fourth-order valence-electron chi connectivity index (χ4n) is 2.37. The molecule has 0 fully saturated rings. The summed E-state index contributed by atoms with van der Waals surface area (Å²) in [4.78, 5) is 12.4.